The van der Waals surface area contributed by atoms with Crippen LogP contribution < -0.4 is 11.1 Å². The van der Waals surface area contributed by atoms with Crippen molar-refractivity contribution in [1.82, 2.24) is 20.7 Å². The number of carbonyl (C=O) groups excluding carboxylic acids is 1. The second-order valence-corrected chi connectivity index (χ2v) is 7.14. The summed E-state index contributed by atoms with van der Waals surface area (Å²) in [5.41, 5.74) is 8.94. The highest BCUT2D eigenvalue weighted by Crippen LogP contribution is 2.21. The SMILES string of the molecule is NCC[C@H](C[C@@H](Cc1ccc(-c2ccccc2)cc1)NC(=O)c1c[nH]nn1)C(=O)O. The van der Waals surface area contributed by atoms with Gasteiger partial charge in [-0.25, -0.2) is 0 Å². The number of carboxylic acids is 1. The molecule has 0 fully saturated rings. The molecule has 3 rings (SSSR count). The summed E-state index contributed by atoms with van der Waals surface area (Å²) in [4.78, 5) is 24.0. The minimum atomic E-state index is -0.916. The molecule has 8 heteroatoms. The monoisotopic (exact) mass is 407 g/mol. The summed E-state index contributed by atoms with van der Waals surface area (Å²) in [5, 5.41) is 22.2. The molecule has 0 saturated heterocycles. The predicted octanol–water partition coefficient (Wildman–Crippen LogP) is 2.25. The molecule has 1 amide bonds. The van der Waals surface area contributed by atoms with Crippen LogP contribution >= 0.6 is 0 Å². The van der Waals surface area contributed by atoms with Gasteiger partial charge in [0, 0.05) is 6.04 Å². The van der Waals surface area contributed by atoms with Crippen molar-refractivity contribution in [3.05, 3.63) is 72.1 Å². The normalized spacial score (nSPS) is 12.8. The summed E-state index contributed by atoms with van der Waals surface area (Å²) in [7, 11) is 0. The van der Waals surface area contributed by atoms with Crippen molar-refractivity contribution in [3.63, 3.8) is 0 Å². The zero-order chi connectivity index (χ0) is 21.3. The van der Waals surface area contributed by atoms with Crippen LogP contribution in [0, 0.1) is 5.92 Å². The smallest absolute Gasteiger partial charge is 0.306 e. The number of amides is 1. The fraction of sp³-hybridized carbons (Fsp3) is 0.273. The van der Waals surface area contributed by atoms with E-state index in [4.69, 9.17) is 5.73 Å². The number of carboxylic acid groups (broad SMARTS) is 1. The average molecular weight is 407 g/mol. The van der Waals surface area contributed by atoms with E-state index in [0.29, 0.717) is 12.8 Å². The van der Waals surface area contributed by atoms with Crippen LogP contribution in [0.2, 0.25) is 0 Å². The Morgan fingerprint density at radius 1 is 1.07 bits per heavy atom. The van der Waals surface area contributed by atoms with Crippen molar-refractivity contribution in [2.24, 2.45) is 11.7 Å². The topological polar surface area (TPSA) is 134 Å². The number of H-pyrrole nitrogens is 1. The molecule has 5 N–H and O–H groups in total. The highest BCUT2D eigenvalue weighted by molar-refractivity contribution is 5.92. The number of nitrogens with two attached hydrogens (primary N) is 1. The molecule has 0 bridgehead atoms. The molecule has 8 nitrogen and oxygen atoms in total. The standard InChI is InChI=1S/C22H25N5O3/c23-11-10-18(22(29)30)13-19(25-21(28)20-14-24-27-26-20)12-15-6-8-17(9-7-15)16-4-2-1-3-5-16/h1-9,14,18-19H,10-13,23H2,(H,25,28)(H,29,30)(H,24,26,27)/t18-,19-/m1/s1. The van der Waals surface area contributed by atoms with Gasteiger partial charge in [-0.15, -0.1) is 5.10 Å². The number of hydrogen-bond donors (Lipinski definition) is 4. The Hall–Kier alpha value is -3.52. The van der Waals surface area contributed by atoms with Crippen LogP contribution in [0.5, 0.6) is 0 Å². The first-order valence-electron chi connectivity index (χ1n) is 9.81. The molecule has 1 aromatic heterocycles. The molecule has 0 aliphatic rings. The lowest BCUT2D eigenvalue weighted by Crippen LogP contribution is -2.39. The molecule has 2 aromatic carbocycles. The molecule has 0 saturated carbocycles. The van der Waals surface area contributed by atoms with E-state index in [1.54, 1.807) is 0 Å². The third-order valence-electron chi connectivity index (χ3n) is 4.96. The largest absolute Gasteiger partial charge is 0.481 e. The van der Waals surface area contributed by atoms with Crippen LogP contribution in [0.1, 0.15) is 28.9 Å². The van der Waals surface area contributed by atoms with Crippen LogP contribution in [0.15, 0.2) is 60.8 Å². The van der Waals surface area contributed by atoms with Gasteiger partial charge in [0.05, 0.1) is 12.1 Å². The fourth-order valence-corrected chi connectivity index (χ4v) is 3.40. The van der Waals surface area contributed by atoms with E-state index in [-0.39, 0.29) is 24.7 Å². The van der Waals surface area contributed by atoms with Gasteiger partial charge in [0.25, 0.3) is 5.91 Å². The number of benzene rings is 2. The lowest BCUT2D eigenvalue weighted by atomic mass is 9.92. The number of nitrogens with zero attached hydrogens (tertiary/aromatic N) is 2. The van der Waals surface area contributed by atoms with Gasteiger partial charge in [-0.3, -0.25) is 14.7 Å². The summed E-state index contributed by atoms with van der Waals surface area (Å²) in [6.07, 6.45) is 2.51. The molecule has 156 valence electrons. The van der Waals surface area contributed by atoms with Crippen molar-refractivity contribution in [3.8, 4) is 11.1 Å². The molecule has 30 heavy (non-hydrogen) atoms. The number of nitrogens with one attached hydrogen (secondary N) is 2. The Bertz CT molecular complexity index is 943. The molecular formula is C22H25N5O3. The van der Waals surface area contributed by atoms with Gasteiger partial charge in [-0.2, -0.15) is 0 Å². The summed E-state index contributed by atoms with van der Waals surface area (Å²) in [6, 6.07) is 17.7. The summed E-state index contributed by atoms with van der Waals surface area (Å²) in [6.45, 7) is 0.271. The van der Waals surface area contributed by atoms with E-state index < -0.39 is 17.8 Å². The van der Waals surface area contributed by atoms with Crippen molar-refractivity contribution < 1.29 is 14.7 Å². The van der Waals surface area contributed by atoms with Crippen molar-refractivity contribution in [2.75, 3.05) is 6.54 Å². The fourth-order valence-electron chi connectivity index (χ4n) is 3.40. The van der Waals surface area contributed by atoms with E-state index in [1.165, 1.54) is 6.20 Å². The Balaban J connectivity index is 1.75. The Labute approximate surface area is 174 Å². The minimum Gasteiger partial charge on any atom is -0.481 e. The zero-order valence-corrected chi connectivity index (χ0v) is 16.5. The van der Waals surface area contributed by atoms with E-state index in [1.807, 2.05) is 54.6 Å². The molecule has 0 radical (unpaired) electrons. The lowest BCUT2D eigenvalue weighted by molar-refractivity contribution is -0.142. The molecule has 2 atom stereocenters. The zero-order valence-electron chi connectivity index (χ0n) is 16.5. The second kappa shape index (κ2) is 10.3. The maximum Gasteiger partial charge on any atom is 0.306 e. The van der Waals surface area contributed by atoms with E-state index in [9.17, 15) is 14.7 Å². The van der Waals surface area contributed by atoms with Gasteiger partial charge in [0.15, 0.2) is 5.69 Å². The second-order valence-electron chi connectivity index (χ2n) is 7.14. The highest BCUT2D eigenvalue weighted by atomic mass is 16.4. The van der Waals surface area contributed by atoms with Gasteiger partial charge in [0.1, 0.15) is 0 Å². The van der Waals surface area contributed by atoms with E-state index in [0.717, 1.165) is 16.7 Å². The summed E-state index contributed by atoms with van der Waals surface area (Å²) < 4.78 is 0. The van der Waals surface area contributed by atoms with Crippen molar-refractivity contribution in [2.45, 2.75) is 25.3 Å². The highest BCUT2D eigenvalue weighted by Gasteiger charge is 2.24. The van der Waals surface area contributed by atoms with Crippen LogP contribution in [-0.2, 0) is 11.2 Å². The first-order valence-corrected chi connectivity index (χ1v) is 9.81. The average Bonchev–Trinajstić information content (AvgIpc) is 3.29. The number of aliphatic carboxylic acids is 1. The van der Waals surface area contributed by atoms with E-state index in [2.05, 4.69) is 20.7 Å². The quantitative estimate of drug-likeness (QED) is 0.407. The molecule has 1 heterocycles. The van der Waals surface area contributed by atoms with Crippen molar-refractivity contribution >= 4 is 11.9 Å². The third kappa shape index (κ3) is 5.74. The summed E-state index contributed by atoms with van der Waals surface area (Å²) in [5.74, 6) is -1.95. The lowest BCUT2D eigenvalue weighted by Gasteiger charge is -2.22. The molecule has 0 aliphatic heterocycles. The van der Waals surface area contributed by atoms with Gasteiger partial charge < -0.3 is 16.2 Å². The molecular weight excluding hydrogens is 382 g/mol. The third-order valence-corrected chi connectivity index (χ3v) is 4.96. The van der Waals surface area contributed by atoms with Gasteiger partial charge >= 0.3 is 5.97 Å². The number of aromatic nitrogens is 3. The summed E-state index contributed by atoms with van der Waals surface area (Å²) >= 11 is 0. The van der Waals surface area contributed by atoms with Crippen LogP contribution in [-0.4, -0.2) is 45.0 Å². The molecule has 0 unspecified atom stereocenters. The van der Waals surface area contributed by atoms with Crippen LogP contribution in [0.3, 0.4) is 0 Å². The van der Waals surface area contributed by atoms with Gasteiger partial charge in [-0.05, 0) is 42.5 Å². The minimum absolute atomic E-state index is 0.158. The van der Waals surface area contributed by atoms with Crippen molar-refractivity contribution in [1.29, 1.82) is 0 Å². The Morgan fingerprint density at radius 2 is 1.77 bits per heavy atom. The molecule has 0 spiro atoms. The maximum absolute atomic E-state index is 12.4. The predicted molar refractivity (Wildman–Crippen MR) is 113 cm³/mol. The number of hydrogen-bond acceptors (Lipinski definition) is 5. The first kappa shape index (κ1) is 21.2. The van der Waals surface area contributed by atoms with Crippen LogP contribution in [0.25, 0.3) is 11.1 Å². The van der Waals surface area contributed by atoms with Crippen LogP contribution in [0.4, 0.5) is 0 Å². The first-order chi connectivity index (χ1) is 14.6. The number of rotatable bonds is 10. The molecule has 3 aromatic rings. The molecule has 0 aliphatic carbocycles. The number of carbonyl (C=O) groups is 2. The Kier molecular flexibility index (Phi) is 7.29. The van der Waals surface area contributed by atoms with E-state index >= 15 is 0 Å². The van der Waals surface area contributed by atoms with Gasteiger partial charge in [-0.1, -0.05) is 59.8 Å². The number of aromatic amines is 1. The Morgan fingerprint density at radius 3 is 2.37 bits per heavy atom. The van der Waals surface area contributed by atoms with Gasteiger partial charge in [0.2, 0.25) is 0 Å². The maximum atomic E-state index is 12.4.